The van der Waals surface area contributed by atoms with Crippen molar-refractivity contribution in [2.45, 2.75) is 59.2 Å². The Morgan fingerprint density at radius 1 is 1.03 bits per heavy atom. The van der Waals surface area contributed by atoms with Gasteiger partial charge < -0.3 is 14.2 Å². The first-order valence-electron chi connectivity index (χ1n) is 10.4. The highest BCUT2D eigenvalue weighted by atomic mass is 16.7. The molecule has 0 N–H and O–H groups in total. The number of hydrogen-bond donors (Lipinski definition) is 0. The molecule has 0 radical (unpaired) electrons. The zero-order chi connectivity index (χ0) is 20.8. The van der Waals surface area contributed by atoms with Crippen molar-refractivity contribution >= 4 is 5.97 Å². The van der Waals surface area contributed by atoms with E-state index in [0.717, 1.165) is 43.8 Å². The Bertz CT molecular complexity index is 884. The summed E-state index contributed by atoms with van der Waals surface area (Å²) >= 11 is 0. The molecule has 0 fully saturated rings. The van der Waals surface area contributed by atoms with Crippen molar-refractivity contribution in [2.75, 3.05) is 6.61 Å². The molecule has 0 heterocycles. The average Bonchev–Trinajstić information content (AvgIpc) is 3.07. The number of hydrogen-bond acceptors (Lipinski definition) is 4. The fraction of sp³-hybridized carbons (Fsp3) is 0.400. The van der Waals surface area contributed by atoms with E-state index in [1.165, 1.54) is 22.3 Å². The number of fused-ring (bicyclic) bond motifs is 3. The highest BCUT2D eigenvalue weighted by molar-refractivity contribution is 5.87. The van der Waals surface area contributed by atoms with Crippen LogP contribution < -0.4 is 9.47 Å². The summed E-state index contributed by atoms with van der Waals surface area (Å²) in [6, 6.07) is 12.4. The zero-order valence-corrected chi connectivity index (χ0v) is 17.6. The monoisotopic (exact) mass is 394 g/mol. The average molecular weight is 395 g/mol. The van der Waals surface area contributed by atoms with Crippen molar-refractivity contribution < 1.29 is 19.0 Å². The number of ether oxygens (including phenoxy) is 3. The molecule has 154 valence electrons. The van der Waals surface area contributed by atoms with E-state index in [9.17, 15) is 4.79 Å². The number of carbonyl (C=O) groups excluding carboxylic acids is 1. The summed E-state index contributed by atoms with van der Waals surface area (Å²) in [7, 11) is 0. The Balaban J connectivity index is 1.74. The maximum atomic E-state index is 11.9. The summed E-state index contributed by atoms with van der Waals surface area (Å²) in [4.78, 5) is 11.9. The van der Waals surface area contributed by atoms with Crippen LogP contribution in [0.1, 0.15) is 57.6 Å². The van der Waals surface area contributed by atoms with E-state index in [1.807, 2.05) is 12.1 Å². The number of unbranched alkanes of at least 4 members (excludes halogenated alkanes) is 1. The number of esters is 1. The topological polar surface area (TPSA) is 44.8 Å². The SMILES string of the molecule is C=C(C)C(=O)OC(CCCC)Oc1ccc2c(c1)Cc1cc(OCCC)ccc1-2. The smallest absolute Gasteiger partial charge is 0.336 e. The molecule has 2 aromatic carbocycles. The van der Waals surface area contributed by atoms with Crippen LogP contribution in [0, 0.1) is 0 Å². The van der Waals surface area contributed by atoms with Gasteiger partial charge in [-0.2, -0.15) is 0 Å². The van der Waals surface area contributed by atoms with Crippen molar-refractivity contribution in [3.05, 3.63) is 59.7 Å². The third kappa shape index (κ3) is 5.20. The summed E-state index contributed by atoms with van der Waals surface area (Å²) in [5.74, 6) is 1.22. The Morgan fingerprint density at radius 3 is 2.31 bits per heavy atom. The molecule has 0 bridgehead atoms. The first-order chi connectivity index (χ1) is 14.0. The van der Waals surface area contributed by atoms with Gasteiger partial charge in [-0.1, -0.05) is 39.0 Å². The Kier molecular flexibility index (Phi) is 6.97. The third-order valence-corrected chi connectivity index (χ3v) is 4.95. The molecular formula is C25H30O4. The standard InChI is InChI=1S/C25H30O4/c1-5-7-8-24(29-25(26)17(3)4)28-21-10-12-23-19(16-21)14-18-15-20(27-13-6-2)9-11-22(18)23/h9-12,15-16,24H,3,5-8,13-14H2,1-2,4H3. The van der Waals surface area contributed by atoms with Crippen LogP contribution in [0.25, 0.3) is 11.1 Å². The van der Waals surface area contributed by atoms with Gasteiger partial charge in [0, 0.05) is 12.0 Å². The second kappa shape index (κ2) is 9.64. The normalized spacial score (nSPS) is 12.7. The summed E-state index contributed by atoms with van der Waals surface area (Å²) in [6.07, 6.45) is 3.82. The molecule has 4 heteroatoms. The highest BCUT2D eigenvalue weighted by Gasteiger charge is 2.21. The van der Waals surface area contributed by atoms with Gasteiger partial charge in [0.1, 0.15) is 11.5 Å². The number of benzene rings is 2. The lowest BCUT2D eigenvalue weighted by Crippen LogP contribution is -2.24. The predicted octanol–water partition coefficient (Wildman–Crippen LogP) is 6.06. The predicted molar refractivity (Wildman–Crippen MR) is 115 cm³/mol. The summed E-state index contributed by atoms with van der Waals surface area (Å²) in [5, 5.41) is 0. The molecule has 0 saturated heterocycles. The van der Waals surface area contributed by atoms with Gasteiger partial charge in [-0.3, -0.25) is 0 Å². The van der Waals surface area contributed by atoms with Gasteiger partial charge >= 0.3 is 5.97 Å². The van der Waals surface area contributed by atoms with Gasteiger partial charge in [0.05, 0.1) is 6.61 Å². The van der Waals surface area contributed by atoms with Gasteiger partial charge in [-0.15, -0.1) is 0 Å². The quantitative estimate of drug-likeness (QED) is 0.238. The van der Waals surface area contributed by atoms with E-state index in [2.05, 4.69) is 44.7 Å². The lowest BCUT2D eigenvalue weighted by Gasteiger charge is -2.20. The fourth-order valence-corrected chi connectivity index (χ4v) is 3.43. The van der Waals surface area contributed by atoms with Gasteiger partial charge in [-0.25, -0.2) is 4.79 Å². The minimum atomic E-state index is -0.602. The molecule has 2 aromatic rings. The van der Waals surface area contributed by atoms with E-state index in [-0.39, 0.29) is 0 Å². The molecule has 1 aliphatic rings. The summed E-state index contributed by atoms with van der Waals surface area (Å²) in [5.41, 5.74) is 5.32. The van der Waals surface area contributed by atoms with E-state index >= 15 is 0 Å². The van der Waals surface area contributed by atoms with E-state index in [0.29, 0.717) is 12.0 Å². The molecular weight excluding hydrogens is 364 g/mol. The minimum absolute atomic E-state index is 0.376. The first kappa shape index (κ1) is 21.0. The highest BCUT2D eigenvalue weighted by Crippen LogP contribution is 2.40. The van der Waals surface area contributed by atoms with E-state index in [4.69, 9.17) is 14.2 Å². The van der Waals surface area contributed by atoms with Crippen LogP contribution in [-0.2, 0) is 16.0 Å². The molecule has 0 aliphatic heterocycles. The molecule has 1 aliphatic carbocycles. The van der Waals surface area contributed by atoms with Crippen molar-refractivity contribution in [1.82, 2.24) is 0 Å². The lowest BCUT2D eigenvalue weighted by molar-refractivity contribution is -0.159. The maximum Gasteiger partial charge on any atom is 0.336 e. The molecule has 0 aromatic heterocycles. The minimum Gasteiger partial charge on any atom is -0.494 e. The number of rotatable bonds is 10. The van der Waals surface area contributed by atoms with Crippen LogP contribution >= 0.6 is 0 Å². The van der Waals surface area contributed by atoms with Gasteiger partial charge in [0.25, 0.3) is 0 Å². The molecule has 3 rings (SSSR count). The maximum absolute atomic E-state index is 11.9. The van der Waals surface area contributed by atoms with Crippen molar-refractivity contribution in [3.8, 4) is 22.6 Å². The summed E-state index contributed by atoms with van der Waals surface area (Å²) < 4.78 is 17.3. The van der Waals surface area contributed by atoms with Crippen molar-refractivity contribution in [2.24, 2.45) is 0 Å². The van der Waals surface area contributed by atoms with Crippen LogP contribution in [-0.4, -0.2) is 18.9 Å². The van der Waals surface area contributed by atoms with Gasteiger partial charge in [0.2, 0.25) is 6.29 Å². The Hall–Kier alpha value is -2.75. The van der Waals surface area contributed by atoms with Crippen LogP contribution in [0.5, 0.6) is 11.5 Å². The van der Waals surface area contributed by atoms with Gasteiger partial charge in [0.15, 0.2) is 0 Å². The number of carbonyl (C=O) groups is 1. The molecule has 29 heavy (non-hydrogen) atoms. The second-order valence-electron chi connectivity index (χ2n) is 7.54. The van der Waals surface area contributed by atoms with Crippen LogP contribution in [0.2, 0.25) is 0 Å². The van der Waals surface area contributed by atoms with E-state index in [1.54, 1.807) is 6.92 Å². The molecule has 4 nitrogen and oxygen atoms in total. The lowest BCUT2D eigenvalue weighted by atomic mass is 10.1. The van der Waals surface area contributed by atoms with Crippen LogP contribution in [0.15, 0.2) is 48.6 Å². The Morgan fingerprint density at radius 2 is 1.69 bits per heavy atom. The molecule has 0 spiro atoms. The largest absolute Gasteiger partial charge is 0.494 e. The molecule has 1 unspecified atom stereocenters. The van der Waals surface area contributed by atoms with Crippen LogP contribution in [0.3, 0.4) is 0 Å². The van der Waals surface area contributed by atoms with E-state index < -0.39 is 12.3 Å². The Labute approximate surface area is 173 Å². The summed E-state index contributed by atoms with van der Waals surface area (Å²) in [6.45, 7) is 10.2. The fourth-order valence-electron chi connectivity index (χ4n) is 3.43. The van der Waals surface area contributed by atoms with Crippen molar-refractivity contribution in [3.63, 3.8) is 0 Å². The molecule has 0 saturated carbocycles. The third-order valence-electron chi connectivity index (χ3n) is 4.95. The zero-order valence-electron chi connectivity index (χ0n) is 17.6. The molecule has 1 atom stereocenters. The van der Waals surface area contributed by atoms with Crippen LogP contribution in [0.4, 0.5) is 0 Å². The van der Waals surface area contributed by atoms with Gasteiger partial charge in [-0.05, 0) is 72.7 Å². The second-order valence-corrected chi connectivity index (χ2v) is 7.54. The first-order valence-corrected chi connectivity index (χ1v) is 10.4. The molecule has 0 amide bonds. The van der Waals surface area contributed by atoms with Crippen molar-refractivity contribution in [1.29, 1.82) is 0 Å².